The van der Waals surface area contributed by atoms with Gasteiger partial charge in [-0.1, -0.05) is 6.07 Å². The van der Waals surface area contributed by atoms with Crippen molar-refractivity contribution < 1.29 is 14.6 Å². The van der Waals surface area contributed by atoms with E-state index in [1.54, 1.807) is 6.07 Å². The molecular weight excluding hydrogens is 248 g/mol. The van der Waals surface area contributed by atoms with E-state index in [1.807, 2.05) is 19.9 Å². The highest BCUT2D eigenvalue weighted by atomic mass is 16.5. The number of methoxy groups -OCH3 is 1. The van der Waals surface area contributed by atoms with E-state index in [4.69, 9.17) is 9.84 Å². The molecule has 0 spiro atoms. The number of H-pyrrole nitrogens is 2. The number of carboxylic acid groups (broad SMARTS) is 1. The van der Waals surface area contributed by atoms with E-state index in [-0.39, 0.29) is 11.3 Å². The average Bonchev–Trinajstić information content (AvgIpc) is 2.70. The summed E-state index contributed by atoms with van der Waals surface area (Å²) in [6.45, 7) is 3.72. The molecular formula is C13H14N2O4. The summed E-state index contributed by atoms with van der Waals surface area (Å²) in [5, 5.41) is 13.8. The van der Waals surface area contributed by atoms with Crippen LogP contribution in [-0.4, -0.2) is 28.4 Å². The maximum atomic E-state index is 11.8. The van der Waals surface area contributed by atoms with E-state index in [1.165, 1.54) is 7.11 Å². The monoisotopic (exact) mass is 262 g/mol. The van der Waals surface area contributed by atoms with Crippen molar-refractivity contribution in [3.63, 3.8) is 0 Å². The number of aromatic nitrogens is 2. The Labute approximate surface area is 109 Å². The molecule has 0 saturated carbocycles. The Bertz CT molecular complexity index is 697. The summed E-state index contributed by atoms with van der Waals surface area (Å²) >= 11 is 0. The van der Waals surface area contributed by atoms with Crippen LogP contribution < -0.4 is 10.3 Å². The summed E-state index contributed by atoms with van der Waals surface area (Å²) < 4.78 is 5.29. The largest absolute Gasteiger partial charge is 0.496 e. The minimum atomic E-state index is -1.20. The number of aromatic carboxylic acids is 1. The maximum absolute atomic E-state index is 11.8. The van der Waals surface area contributed by atoms with Gasteiger partial charge in [0, 0.05) is 5.56 Å². The van der Waals surface area contributed by atoms with E-state index in [0.29, 0.717) is 11.3 Å². The first-order chi connectivity index (χ1) is 8.95. The maximum Gasteiger partial charge on any atom is 0.354 e. The summed E-state index contributed by atoms with van der Waals surface area (Å²) in [4.78, 5) is 23.0. The van der Waals surface area contributed by atoms with Crippen LogP contribution in [0, 0.1) is 13.8 Å². The molecule has 1 heterocycles. The van der Waals surface area contributed by atoms with Gasteiger partial charge in [0.05, 0.1) is 12.7 Å². The molecule has 0 atom stereocenters. The lowest BCUT2D eigenvalue weighted by Crippen LogP contribution is -2.07. The standard InChI is InChI=1S/C13H14N2O4/c1-6-4-7(2)11(19-3)8(5-6)9-10(13(17)18)14-15-12(9)16/h4-5H,1-3H3,(H,17,18)(H2,14,15,16). The van der Waals surface area contributed by atoms with Crippen LogP contribution in [0.1, 0.15) is 21.6 Å². The van der Waals surface area contributed by atoms with Crippen molar-refractivity contribution in [1.82, 2.24) is 10.2 Å². The number of aryl methyl sites for hydroxylation is 2. The lowest BCUT2D eigenvalue weighted by Gasteiger charge is -2.11. The molecule has 0 radical (unpaired) electrons. The fourth-order valence-corrected chi connectivity index (χ4v) is 2.19. The zero-order valence-electron chi connectivity index (χ0n) is 10.8. The first-order valence-electron chi connectivity index (χ1n) is 5.65. The molecule has 19 heavy (non-hydrogen) atoms. The summed E-state index contributed by atoms with van der Waals surface area (Å²) in [6.07, 6.45) is 0. The van der Waals surface area contributed by atoms with Crippen LogP contribution in [0.25, 0.3) is 11.1 Å². The molecule has 1 aromatic heterocycles. The minimum absolute atomic E-state index is 0.0798. The van der Waals surface area contributed by atoms with E-state index >= 15 is 0 Å². The predicted molar refractivity (Wildman–Crippen MR) is 69.8 cm³/mol. The van der Waals surface area contributed by atoms with Crippen molar-refractivity contribution in [3.8, 4) is 16.9 Å². The molecule has 2 aromatic rings. The van der Waals surface area contributed by atoms with Crippen LogP contribution in [0.15, 0.2) is 16.9 Å². The zero-order valence-corrected chi connectivity index (χ0v) is 10.8. The van der Waals surface area contributed by atoms with Crippen LogP contribution in [0.5, 0.6) is 5.75 Å². The molecule has 0 saturated heterocycles. The minimum Gasteiger partial charge on any atom is -0.496 e. The highest BCUT2D eigenvalue weighted by Gasteiger charge is 2.22. The Balaban J connectivity index is 2.82. The number of hydrogen-bond donors (Lipinski definition) is 3. The summed E-state index contributed by atoms with van der Waals surface area (Å²) in [6, 6.07) is 3.64. The van der Waals surface area contributed by atoms with E-state index in [0.717, 1.165) is 11.1 Å². The molecule has 2 rings (SSSR count). The molecule has 0 aliphatic heterocycles. The number of rotatable bonds is 3. The number of ether oxygens (including phenoxy) is 1. The second kappa shape index (κ2) is 4.64. The van der Waals surface area contributed by atoms with E-state index in [9.17, 15) is 9.59 Å². The smallest absolute Gasteiger partial charge is 0.354 e. The molecule has 1 aromatic carbocycles. The third kappa shape index (κ3) is 2.12. The summed E-state index contributed by atoms with van der Waals surface area (Å²) in [5.74, 6) is -0.701. The van der Waals surface area contributed by atoms with Gasteiger partial charge in [-0.2, -0.15) is 0 Å². The van der Waals surface area contributed by atoms with Gasteiger partial charge in [0.15, 0.2) is 5.69 Å². The van der Waals surface area contributed by atoms with Crippen LogP contribution in [0.4, 0.5) is 0 Å². The summed E-state index contributed by atoms with van der Waals surface area (Å²) in [5.41, 5.74) is 1.66. The Kier molecular flexibility index (Phi) is 3.16. The normalized spacial score (nSPS) is 10.5. The van der Waals surface area contributed by atoms with Crippen molar-refractivity contribution in [2.75, 3.05) is 7.11 Å². The fraction of sp³-hybridized carbons (Fsp3) is 0.231. The first kappa shape index (κ1) is 12.9. The van der Waals surface area contributed by atoms with Crippen molar-refractivity contribution in [2.24, 2.45) is 0 Å². The molecule has 0 bridgehead atoms. The van der Waals surface area contributed by atoms with Crippen molar-refractivity contribution in [3.05, 3.63) is 39.3 Å². The second-order valence-electron chi connectivity index (χ2n) is 4.30. The van der Waals surface area contributed by atoms with Gasteiger partial charge in [0.1, 0.15) is 5.75 Å². The molecule has 6 nitrogen and oxygen atoms in total. The van der Waals surface area contributed by atoms with Gasteiger partial charge in [-0.15, -0.1) is 0 Å². The second-order valence-corrected chi connectivity index (χ2v) is 4.30. The Morgan fingerprint density at radius 3 is 2.53 bits per heavy atom. The molecule has 0 aliphatic rings. The first-order valence-corrected chi connectivity index (χ1v) is 5.65. The van der Waals surface area contributed by atoms with Crippen LogP contribution in [0.2, 0.25) is 0 Å². The number of hydrogen-bond acceptors (Lipinski definition) is 3. The number of nitrogens with one attached hydrogen (secondary N) is 2. The van der Waals surface area contributed by atoms with Gasteiger partial charge >= 0.3 is 5.97 Å². The Morgan fingerprint density at radius 1 is 1.26 bits per heavy atom. The number of carboxylic acids is 1. The quantitative estimate of drug-likeness (QED) is 0.784. The van der Waals surface area contributed by atoms with Gasteiger partial charge in [0.2, 0.25) is 0 Å². The van der Waals surface area contributed by atoms with Gasteiger partial charge in [-0.05, 0) is 31.0 Å². The topological polar surface area (TPSA) is 95.2 Å². The average molecular weight is 262 g/mol. The zero-order chi connectivity index (χ0) is 14.2. The van der Waals surface area contributed by atoms with Gasteiger partial charge < -0.3 is 9.84 Å². The highest BCUT2D eigenvalue weighted by molar-refractivity contribution is 5.95. The van der Waals surface area contributed by atoms with Crippen molar-refractivity contribution >= 4 is 5.97 Å². The van der Waals surface area contributed by atoms with E-state index in [2.05, 4.69) is 10.2 Å². The van der Waals surface area contributed by atoms with Crippen LogP contribution in [-0.2, 0) is 0 Å². The van der Waals surface area contributed by atoms with Gasteiger partial charge in [-0.3, -0.25) is 15.0 Å². The number of benzene rings is 1. The molecule has 0 amide bonds. The molecule has 0 unspecified atom stereocenters. The molecule has 0 aliphatic carbocycles. The molecule has 6 heteroatoms. The SMILES string of the molecule is COc1c(C)cc(C)cc1-c1c(C(=O)O)[nH][nH]c1=O. The molecule has 0 fully saturated rings. The highest BCUT2D eigenvalue weighted by Crippen LogP contribution is 2.33. The lowest BCUT2D eigenvalue weighted by atomic mass is 9.99. The number of aromatic amines is 2. The molecule has 3 N–H and O–H groups in total. The Hall–Kier alpha value is -2.50. The van der Waals surface area contributed by atoms with Gasteiger partial charge in [-0.25, -0.2) is 4.79 Å². The van der Waals surface area contributed by atoms with Crippen LogP contribution in [0.3, 0.4) is 0 Å². The van der Waals surface area contributed by atoms with E-state index < -0.39 is 11.5 Å². The van der Waals surface area contributed by atoms with Crippen molar-refractivity contribution in [1.29, 1.82) is 0 Å². The predicted octanol–water partition coefficient (Wildman–Crippen LogP) is 1.69. The number of carbonyl (C=O) groups is 1. The van der Waals surface area contributed by atoms with Crippen LogP contribution >= 0.6 is 0 Å². The summed E-state index contributed by atoms with van der Waals surface area (Å²) in [7, 11) is 1.49. The third-order valence-corrected chi connectivity index (χ3v) is 2.88. The molecule has 100 valence electrons. The lowest BCUT2D eigenvalue weighted by molar-refractivity contribution is 0.0691. The third-order valence-electron chi connectivity index (χ3n) is 2.88. The Morgan fingerprint density at radius 2 is 1.95 bits per heavy atom. The van der Waals surface area contributed by atoms with Gasteiger partial charge in [0.25, 0.3) is 5.56 Å². The van der Waals surface area contributed by atoms with Crippen molar-refractivity contribution in [2.45, 2.75) is 13.8 Å². The fourth-order valence-electron chi connectivity index (χ4n) is 2.19.